The van der Waals surface area contributed by atoms with Crippen LogP contribution in [0.3, 0.4) is 0 Å². The normalized spacial score (nSPS) is 14.2. The molecule has 4 unspecified atom stereocenters. The predicted molar refractivity (Wildman–Crippen MR) is 134 cm³/mol. The zero-order valence-electron chi connectivity index (χ0n) is 20.4. The topological polar surface area (TPSA) is 171 Å². The Bertz CT molecular complexity index is 1020. The van der Waals surface area contributed by atoms with Gasteiger partial charge in [0.15, 0.2) is 0 Å². The molecule has 10 heteroatoms. The minimum Gasteiger partial charge on any atom is -0.480 e. The van der Waals surface area contributed by atoms with E-state index in [1.807, 2.05) is 6.07 Å². The zero-order chi connectivity index (χ0) is 26.7. The van der Waals surface area contributed by atoms with Gasteiger partial charge in [0.05, 0.1) is 6.61 Å². The lowest BCUT2D eigenvalue weighted by atomic mass is 10.00. The molecule has 2 aromatic rings. The van der Waals surface area contributed by atoms with Crippen LogP contribution in [-0.2, 0) is 32.0 Å². The van der Waals surface area contributed by atoms with E-state index in [9.17, 15) is 24.3 Å². The van der Waals surface area contributed by atoms with E-state index in [4.69, 9.17) is 10.8 Å². The molecule has 0 saturated heterocycles. The van der Waals surface area contributed by atoms with Crippen LogP contribution in [0.2, 0.25) is 0 Å². The van der Waals surface area contributed by atoms with Crippen LogP contribution in [0.15, 0.2) is 60.7 Å². The summed E-state index contributed by atoms with van der Waals surface area (Å²) in [6.07, 6.45) is 0.169. The molecule has 2 aromatic carbocycles. The molecule has 0 aliphatic rings. The lowest BCUT2D eigenvalue weighted by Gasteiger charge is -2.27. The quantitative estimate of drug-likeness (QED) is 0.225. The van der Waals surface area contributed by atoms with Crippen LogP contribution in [0, 0.1) is 5.92 Å². The molecule has 0 radical (unpaired) electrons. The lowest BCUT2D eigenvalue weighted by molar-refractivity contribution is -0.142. The average Bonchev–Trinajstić information content (AvgIpc) is 2.86. The van der Waals surface area contributed by atoms with Crippen LogP contribution in [-0.4, -0.2) is 64.7 Å². The van der Waals surface area contributed by atoms with Gasteiger partial charge < -0.3 is 31.9 Å². The highest BCUT2D eigenvalue weighted by Gasteiger charge is 2.31. The number of carboxylic acid groups (broad SMARTS) is 1. The van der Waals surface area contributed by atoms with Crippen molar-refractivity contribution in [3.8, 4) is 0 Å². The number of aliphatic carboxylic acids is 1. The number of benzene rings is 2. The van der Waals surface area contributed by atoms with E-state index in [2.05, 4.69) is 16.0 Å². The second-order valence-electron chi connectivity index (χ2n) is 8.86. The number of rotatable bonds is 13. The highest BCUT2D eigenvalue weighted by atomic mass is 16.4. The maximum Gasteiger partial charge on any atom is 0.326 e. The van der Waals surface area contributed by atoms with E-state index in [0.717, 1.165) is 11.1 Å². The Morgan fingerprint density at radius 3 is 1.67 bits per heavy atom. The molecule has 10 nitrogen and oxygen atoms in total. The molecule has 3 amide bonds. The Balaban J connectivity index is 2.23. The number of amides is 3. The van der Waals surface area contributed by atoms with Crippen LogP contribution in [0.5, 0.6) is 0 Å². The Morgan fingerprint density at radius 1 is 0.750 bits per heavy atom. The van der Waals surface area contributed by atoms with Crippen molar-refractivity contribution >= 4 is 23.7 Å². The molecule has 4 atom stereocenters. The second-order valence-corrected chi connectivity index (χ2v) is 8.86. The van der Waals surface area contributed by atoms with Crippen LogP contribution < -0.4 is 21.7 Å². The first-order valence-corrected chi connectivity index (χ1v) is 11.7. The molecule has 0 fully saturated rings. The number of hydrogen-bond acceptors (Lipinski definition) is 6. The number of carboxylic acids is 1. The molecule has 7 N–H and O–H groups in total. The standard InChI is InChI=1S/C26H34N4O6/c1-16(2)22(30-23(32)19(27)15-31)25(34)28-20(13-17-9-5-3-6-10-17)24(33)29-21(26(35)36)14-18-11-7-4-8-12-18/h3-12,16,19-22,31H,13-15,27H2,1-2H3,(H,28,34)(H,29,33)(H,30,32)(H,35,36). The number of nitrogens with one attached hydrogen (secondary N) is 3. The van der Waals surface area contributed by atoms with Crippen molar-refractivity contribution < 1.29 is 29.4 Å². The summed E-state index contributed by atoms with van der Waals surface area (Å²) >= 11 is 0. The first kappa shape index (κ1) is 28.5. The van der Waals surface area contributed by atoms with E-state index >= 15 is 0 Å². The van der Waals surface area contributed by atoms with Gasteiger partial charge >= 0.3 is 5.97 Å². The first-order chi connectivity index (χ1) is 17.1. The monoisotopic (exact) mass is 498 g/mol. The summed E-state index contributed by atoms with van der Waals surface area (Å²) in [7, 11) is 0. The maximum atomic E-state index is 13.2. The second kappa shape index (κ2) is 14.0. The van der Waals surface area contributed by atoms with Crippen molar-refractivity contribution in [2.24, 2.45) is 11.7 Å². The van der Waals surface area contributed by atoms with Crippen molar-refractivity contribution in [3.05, 3.63) is 71.8 Å². The third-order valence-corrected chi connectivity index (χ3v) is 5.59. The smallest absolute Gasteiger partial charge is 0.326 e. The van der Waals surface area contributed by atoms with Gasteiger partial charge in [-0.1, -0.05) is 74.5 Å². The molecular formula is C26H34N4O6. The predicted octanol–water partition coefficient (Wildman–Crippen LogP) is -0.0136. The number of aliphatic hydroxyl groups is 1. The highest BCUT2D eigenvalue weighted by Crippen LogP contribution is 2.09. The van der Waals surface area contributed by atoms with Gasteiger partial charge in [0.25, 0.3) is 0 Å². The first-order valence-electron chi connectivity index (χ1n) is 11.7. The molecule has 194 valence electrons. The molecule has 0 spiro atoms. The van der Waals surface area contributed by atoms with Crippen LogP contribution >= 0.6 is 0 Å². The van der Waals surface area contributed by atoms with Gasteiger partial charge in [-0.15, -0.1) is 0 Å². The summed E-state index contributed by atoms with van der Waals surface area (Å²) in [6, 6.07) is 13.3. The van der Waals surface area contributed by atoms with Gasteiger partial charge in [-0.05, 0) is 17.0 Å². The average molecular weight is 499 g/mol. The molecular weight excluding hydrogens is 464 g/mol. The van der Waals surface area contributed by atoms with Gasteiger partial charge in [-0.3, -0.25) is 14.4 Å². The largest absolute Gasteiger partial charge is 0.480 e. The van der Waals surface area contributed by atoms with E-state index in [-0.39, 0.29) is 18.8 Å². The summed E-state index contributed by atoms with van der Waals surface area (Å²) in [5.41, 5.74) is 7.03. The Labute approximate surface area is 210 Å². The third kappa shape index (κ3) is 8.79. The fourth-order valence-corrected chi connectivity index (χ4v) is 3.52. The zero-order valence-corrected chi connectivity index (χ0v) is 20.4. The Hall–Kier alpha value is -3.76. The fourth-order valence-electron chi connectivity index (χ4n) is 3.52. The molecule has 0 aliphatic carbocycles. The minimum absolute atomic E-state index is 0.0671. The molecule has 2 rings (SSSR count). The Morgan fingerprint density at radius 2 is 1.22 bits per heavy atom. The van der Waals surface area contributed by atoms with Crippen LogP contribution in [0.1, 0.15) is 25.0 Å². The Kier molecular flexibility index (Phi) is 11.0. The van der Waals surface area contributed by atoms with Gasteiger partial charge in [0, 0.05) is 12.8 Å². The number of carbonyl (C=O) groups is 4. The van der Waals surface area contributed by atoms with E-state index in [1.165, 1.54) is 0 Å². The molecule has 36 heavy (non-hydrogen) atoms. The highest BCUT2D eigenvalue weighted by molar-refractivity contribution is 5.94. The van der Waals surface area contributed by atoms with E-state index in [0.29, 0.717) is 0 Å². The number of nitrogens with two attached hydrogens (primary N) is 1. The van der Waals surface area contributed by atoms with Crippen LogP contribution in [0.25, 0.3) is 0 Å². The number of aliphatic hydroxyl groups excluding tert-OH is 1. The summed E-state index contributed by atoms with van der Waals surface area (Å²) in [6.45, 7) is 2.83. The van der Waals surface area contributed by atoms with Gasteiger partial charge in [0.2, 0.25) is 17.7 Å². The maximum absolute atomic E-state index is 13.2. The van der Waals surface area contributed by atoms with Crippen LogP contribution in [0.4, 0.5) is 0 Å². The van der Waals surface area contributed by atoms with Crippen molar-refractivity contribution in [2.45, 2.75) is 50.9 Å². The SMILES string of the molecule is CC(C)C(NC(=O)C(N)CO)C(=O)NC(Cc1ccccc1)C(=O)NC(Cc1ccccc1)C(=O)O. The molecule has 0 aromatic heterocycles. The summed E-state index contributed by atoms with van der Waals surface area (Å²) in [5.74, 6) is -3.57. The van der Waals surface area contributed by atoms with Crippen molar-refractivity contribution in [1.29, 1.82) is 0 Å². The number of carbonyl (C=O) groups excluding carboxylic acids is 3. The minimum atomic E-state index is -1.21. The summed E-state index contributed by atoms with van der Waals surface area (Å²) in [4.78, 5) is 50.4. The molecule has 0 aliphatic heterocycles. The molecule has 0 heterocycles. The van der Waals surface area contributed by atoms with Gasteiger partial charge in [-0.2, -0.15) is 0 Å². The summed E-state index contributed by atoms with van der Waals surface area (Å²) in [5, 5.41) is 26.5. The molecule has 0 saturated carbocycles. The number of hydrogen-bond donors (Lipinski definition) is 6. The van der Waals surface area contributed by atoms with E-state index in [1.54, 1.807) is 68.4 Å². The fraction of sp³-hybridized carbons (Fsp3) is 0.385. The third-order valence-electron chi connectivity index (χ3n) is 5.59. The summed E-state index contributed by atoms with van der Waals surface area (Å²) < 4.78 is 0. The molecule has 0 bridgehead atoms. The van der Waals surface area contributed by atoms with Gasteiger partial charge in [0.1, 0.15) is 24.2 Å². The van der Waals surface area contributed by atoms with Crippen molar-refractivity contribution in [1.82, 2.24) is 16.0 Å². The van der Waals surface area contributed by atoms with Crippen molar-refractivity contribution in [2.75, 3.05) is 6.61 Å². The lowest BCUT2D eigenvalue weighted by Crippen LogP contribution is -2.59. The van der Waals surface area contributed by atoms with Crippen molar-refractivity contribution in [3.63, 3.8) is 0 Å². The van der Waals surface area contributed by atoms with E-state index < -0.39 is 54.5 Å². The van der Waals surface area contributed by atoms with Gasteiger partial charge in [-0.25, -0.2) is 4.79 Å².